The quantitative estimate of drug-likeness (QED) is 0.876. The number of carboxylic acid groups (broad SMARTS) is 1. The fraction of sp³-hybridized carbons (Fsp3) is 0.375. The van der Waals surface area contributed by atoms with Gasteiger partial charge >= 0.3 is 5.97 Å². The number of hydrogen-bond acceptors (Lipinski definition) is 4. The lowest BCUT2D eigenvalue weighted by atomic mass is 10.1. The molecule has 0 aliphatic carbocycles. The Kier molecular flexibility index (Phi) is 4.96. The van der Waals surface area contributed by atoms with E-state index in [1.54, 1.807) is 23.5 Å². The van der Waals surface area contributed by atoms with Crippen molar-refractivity contribution in [1.82, 2.24) is 4.98 Å². The molecule has 0 atom stereocenters. The third-order valence-corrected chi connectivity index (χ3v) is 4.09. The van der Waals surface area contributed by atoms with E-state index in [1.165, 1.54) is 0 Å². The van der Waals surface area contributed by atoms with E-state index in [0.29, 0.717) is 6.61 Å². The number of aromatic carboxylic acids is 1. The molecule has 112 valence electrons. The summed E-state index contributed by atoms with van der Waals surface area (Å²) >= 11 is 1.66. The molecular formula is C16H19NO3S. The first-order valence-corrected chi connectivity index (χ1v) is 7.79. The molecule has 0 aliphatic heterocycles. The number of benzene rings is 1. The van der Waals surface area contributed by atoms with E-state index >= 15 is 0 Å². The van der Waals surface area contributed by atoms with Crippen molar-refractivity contribution in [3.63, 3.8) is 0 Å². The summed E-state index contributed by atoms with van der Waals surface area (Å²) in [5.74, 6) is -0.179. The van der Waals surface area contributed by atoms with E-state index in [1.807, 2.05) is 19.2 Å². The Morgan fingerprint density at radius 1 is 1.33 bits per heavy atom. The van der Waals surface area contributed by atoms with Crippen molar-refractivity contribution in [2.75, 3.05) is 0 Å². The van der Waals surface area contributed by atoms with Crippen LogP contribution in [-0.4, -0.2) is 16.1 Å². The highest BCUT2D eigenvalue weighted by Crippen LogP contribution is 2.26. The predicted octanol–water partition coefficient (Wildman–Crippen LogP) is 3.99. The van der Waals surface area contributed by atoms with Gasteiger partial charge in [-0.3, -0.25) is 0 Å². The molecule has 0 fully saturated rings. The van der Waals surface area contributed by atoms with E-state index in [2.05, 4.69) is 11.9 Å². The fourth-order valence-corrected chi connectivity index (χ4v) is 3.08. The molecule has 0 radical (unpaired) electrons. The minimum atomic E-state index is -0.920. The molecule has 2 aromatic rings. The van der Waals surface area contributed by atoms with Crippen molar-refractivity contribution in [1.29, 1.82) is 0 Å². The first-order chi connectivity index (χ1) is 10.0. The van der Waals surface area contributed by atoms with Gasteiger partial charge in [-0.15, -0.1) is 11.3 Å². The SMILES string of the molecule is CCCc1nc(COc2c(C)cc(C(=O)O)cc2C)cs1. The maximum absolute atomic E-state index is 11.0. The molecule has 21 heavy (non-hydrogen) atoms. The van der Waals surface area contributed by atoms with Crippen LogP contribution in [0.2, 0.25) is 0 Å². The number of aromatic nitrogens is 1. The van der Waals surface area contributed by atoms with Gasteiger partial charge in [0.25, 0.3) is 0 Å². The molecule has 0 amide bonds. The summed E-state index contributed by atoms with van der Waals surface area (Å²) in [4.78, 5) is 15.5. The molecule has 1 N–H and O–H groups in total. The third-order valence-electron chi connectivity index (χ3n) is 3.13. The number of thiazole rings is 1. The first-order valence-electron chi connectivity index (χ1n) is 6.92. The van der Waals surface area contributed by atoms with Crippen LogP contribution in [-0.2, 0) is 13.0 Å². The Balaban J connectivity index is 2.10. The molecule has 1 aromatic carbocycles. The Hall–Kier alpha value is -1.88. The van der Waals surface area contributed by atoms with Crippen LogP contribution in [0.5, 0.6) is 5.75 Å². The molecule has 2 rings (SSSR count). The molecule has 0 spiro atoms. The molecule has 0 aliphatic rings. The van der Waals surface area contributed by atoms with Crippen LogP contribution in [0, 0.1) is 13.8 Å². The summed E-state index contributed by atoms with van der Waals surface area (Å²) in [5.41, 5.74) is 2.87. The number of ether oxygens (including phenoxy) is 1. The van der Waals surface area contributed by atoms with E-state index in [9.17, 15) is 4.79 Å². The van der Waals surface area contributed by atoms with Gasteiger partial charge in [0.05, 0.1) is 16.3 Å². The van der Waals surface area contributed by atoms with E-state index in [0.717, 1.165) is 40.4 Å². The molecule has 0 bridgehead atoms. The summed E-state index contributed by atoms with van der Waals surface area (Å²) in [6.45, 7) is 6.26. The molecule has 5 heteroatoms. The Morgan fingerprint density at radius 3 is 2.57 bits per heavy atom. The van der Waals surface area contributed by atoms with Crippen molar-refractivity contribution < 1.29 is 14.6 Å². The van der Waals surface area contributed by atoms with Gasteiger partial charge in [0.2, 0.25) is 0 Å². The molecule has 1 aromatic heterocycles. The Bertz CT molecular complexity index is 626. The Morgan fingerprint density at radius 2 is 2.00 bits per heavy atom. The van der Waals surface area contributed by atoms with Gasteiger partial charge in [0.15, 0.2) is 0 Å². The van der Waals surface area contributed by atoms with Crippen LogP contribution in [0.25, 0.3) is 0 Å². The number of rotatable bonds is 6. The third kappa shape index (κ3) is 3.82. The highest BCUT2D eigenvalue weighted by Gasteiger charge is 2.11. The van der Waals surface area contributed by atoms with Gasteiger partial charge in [0, 0.05) is 5.38 Å². The van der Waals surface area contributed by atoms with Crippen molar-refractivity contribution >= 4 is 17.3 Å². The van der Waals surface area contributed by atoms with Crippen LogP contribution >= 0.6 is 11.3 Å². The monoisotopic (exact) mass is 305 g/mol. The molecule has 0 saturated carbocycles. The second-order valence-corrected chi connectivity index (χ2v) is 5.96. The first kappa shape index (κ1) is 15.5. The molecule has 4 nitrogen and oxygen atoms in total. The number of nitrogens with zero attached hydrogens (tertiary/aromatic N) is 1. The topological polar surface area (TPSA) is 59.4 Å². The van der Waals surface area contributed by atoms with Crippen molar-refractivity contribution in [2.24, 2.45) is 0 Å². The van der Waals surface area contributed by atoms with Crippen molar-refractivity contribution in [3.8, 4) is 5.75 Å². The zero-order valence-corrected chi connectivity index (χ0v) is 13.3. The summed E-state index contributed by atoms with van der Waals surface area (Å²) in [5, 5.41) is 12.2. The van der Waals surface area contributed by atoms with Crippen LogP contribution in [0.15, 0.2) is 17.5 Å². The van der Waals surface area contributed by atoms with Crippen molar-refractivity contribution in [3.05, 3.63) is 44.9 Å². The molecule has 1 heterocycles. The normalized spacial score (nSPS) is 10.6. The molecule has 0 unspecified atom stereocenters. The van der Waals surface area contributed by atoms with E-state index in [-0.39, 0.29) is 5.56 Å². The van der Waals surface area contributed by atoms with Gasteiger partial charge in [-0.05, 0) is 49.9 Å². The summed E-state index contributed by atoms with van der Waals surface area (Å²) in [6, 6.07) is 3.27. The lowest BCUT2D eigenvalue weighted by molar-refractivity contribution is 0.0696. The minimum absolute atomic E-state index is 0.288. The van der Waals surface area contributed by atoms with Crippen LogP contribution in [0.1, 0.15) is 45.5 Å². The second-order valence-electron chi connectivity index (χ2n) is 5.02. The predicted molar refractivity (Wildman–Crippen MR) is 83.3 cm³/mol. The minimum Gasteiger partial charge on any atom is -0.487 e. The number of hydrogen-bond donors (Lipinski definition) is 1. The maximum Gasteiger partial charge on any atom is 0.335 e. The van der Waals surface area contributed by atoms with E-state index in [4.69, 9.17) is 9.84 Å². The average molecular weight is 305 g/mol. The van der Waals surface area contributed by atoms with E-state index < -0.39 is 5.97 Å². The average Bonchev–Trinajstić information content (AvgIpc) is 2.85. The van der Waals surface area contributed by atoms with Crippen molar-refractivity contribution in [2.45, 2.75) is 40.2 Å². The smallest absolute Gasteiger partial charge is 0.335 e. The lowest BCUT2D eigenvalue weighted by Gasteiger charge is -2.12. The highest BCUT2D eigenvalue weighted by molar-refractivity contribution is 7.09. The molecular weight excluding hydrogens is 286 g/mol. The highest BCUT2D eigenvalue weighted by atomic mass is 32.1. The maximum atomic E-state index is 11.0. The van der Waals surface area contributed by atoms with Gasteiger partial charge in [0.1, 0.15) is 12.4 Å². The van der Waals surface area contributed by atoms with Gasteiger partial charge in [-0.2, -0.15) is 0 Å². The number of carboxylic acids is 1. The summed E-state index contributed by atoms with van der Waals surface area (Å²) in [6.07, 6.45) is 2.08. The number of carbonyl (C=O) groups is 1. The van der Waals surface area contributed by atoms with Crippen LogP contribution in [0.3, 0.4) is 0 Å². The van der Waals surface area contributed by atoms with Crippen LogP contribution < -0.4 is 4.74 Å². The zero-order valence-electron chi connectivity index (χ0n) is 12.5. The summed E-state index contributed by atoms with van der Waals surface area (Å²) < 4.78 is 5.83. The number of aryl methyl sites for hydroxylation is 3. The fourth-order valence-electron chi connectivity index (χ4n) is 2.19. The van der Waals surface area contributed by atoms with Gasteiger partial charge in [-0.25, -0.2) is 9.78 Å². The van der Waals surface area contributed by atoms with Gasteiger partial charge < -0.3 is 9.84 Å². The largest absolute Gasteiger partial charge is 0.487 e. The lowest BCUT2D eigenvalue weighted by Crippen LogP contribution is -2.03. The standard InChI is InChI=1S/C16H19NO3S/c1-4-5-14-17-13(9-21-14)8-20-15-10(2)6-12(16(18)19)7-11(15)3/h6-7,9H,4-5,8H2,1-3H3,(H,18,19). The zero-order chi connectivity index (χ0) is 15.4. The second kappa shape index (κ2) is 6.72. The van der Waals surface area contributed by atoms with Gasteiger partial charge in [-0.1, -0.05) is 6.92 Å². The summed E-state index contributed by atoms with van der Waals surface area (Å²) in [7, 11) is 0. The molecule has 0 saturated heterocycles. The Labute approximate surface area is 128 Å². The van der Waals surface area contributed by atoms with Crippen LogP contribution in [0.4, 0.5) is 0 Å².